The smallest absolute Gasteiger partial charge is 0.323 e. The van der Waals surface area contributed by atoms with Crippen molar-refractivity contribution in [1.29, 1.82) is 0 Å². The van der Waals surface area contributed by atoms with Gasteiger partial charge >= 0.3 is 5.69 Å². The summed E-state index contributed by atoms with van der Waals surface area (Å²) >= 11 is 0. The van der Waals surface area contributed by atoms with E-state index in [-0.39, 0.29) is 18.0 Å². The molecule has 100 valence electrons. The Bertz CT molecular complexity index is 803. The lowest BCUT2D eigenvalue weighted by atomic mass is 10.1. The number of anilines is 1. The zero-order valence-corrected chi connectivity index (χ0v) is 10.6. The van der Waals surface area contributed by atoms with E-state index in [1.165, 1.54) is 0 Å². The van der Waals surface area contributed by atoms with Gasteiger partial charge in [-0.1, -0.05) is 24.3 Å². The summed E-state index contributed by atoms with van der Waals surface area (Å²) in [6.07, 6.45) is 0.262. The number of aromatic amines is 2. The van der Waals surface area contributed by atoms with Crippen molar-refractivity contribution in [2.45, 2.75) is 6.42 Å². The number of carbonyl (C=O) groups is 1. The number of fused-ring (bicyclic) bond motifs is 1. The molecule has 0 bridgehead atoms. The van der Waals surface area contributed by atoms with Crippen molar-refractivity contribution >= 4 is 22.6 Å². The zero-order chi connectivity index (χ0) is 13.9. The molecule has 0 spiro atoms. The largest absolute Gasteiger partial charge is 0.326 e. The minimum absolute atomic E-state index is 0.0894. The van der Waals surface area contributed by atoms with Gasteiger partial charge < -0.3 is 15.3 Å². The van der Waals surface area contributed by atoms with Gasteiger partial charge in [0.15, 0.2) is 0 Å². The van der Waals surface area contributed by atoms with E-state index in [1.807, 2.05) is 36.4 Å². The Morgan fingerprint density at radius 1 is 1.00 bits per heavy atom. The summed E-state index contributed by atoms with van der Waals surface area (Å²) in [6, 6.07) is 14.7. The Labute approximate surface area is 114 Å². The van der Waals surface area contributed by atoms with Gasteiger partial charge in [-0.2, -0.15) is 0 Å². The Balaban J connectivity index is 1.75. The molecular formula is C15H13N3O2. The molecule has 0 radical (unpaired) electrons. The van der Waals surface area contributed by atoms with E-state index in [9.17, 15) is 9.59 Å². The Morgan fingerprint density at radius 2 is 1.75 bits per heavy atom. The van der Waals surface area contributed by atoms with Crippen LogP contribution < -0.4 is 11.0 Å². The molecule has 0 fully saturated rings. The summed E-state index contributed by atoms with van der Waals surface area (Å²) in [7, 11) is 0. The van der Waals surface area contributed by atoms with Gasteiger partial charge in [0, 0.05) is 5.69 Å². The number of amides is 1. The van der Waals surface area contributed by atoms with Crippen LogP contribution in [0.4, 0.5) is 5.69 Å². The molecule has 0 atom stereocenters. The summed E-state index contributed by atoms with van der Waals surface area (Å²) in [5.74, 6) is -0.0894. The molecule has 0 aliphatic carbocycles. The van der Waals surface area contributed by atoms with Crippen molar-refractivity contribution in [3.63, 3.8) is 0 Å². The lowest BCUT2D eigenvalue weighted by Crippen LogP contribution is -2.14. The highest BCUT2D eigenvalue weighted by Gasteiger charge is 2.06. The first kappa shape index (κ1) is 12.2. The molecule has 3 N–H and O–H groups in total. The van der Waals surface area contributed by atoms with E-state index in [4.69, 9.17) is 0 Å². The number of nitrogens with one attached hydrogen (secondary N) is 3. The third kappa shape index (κ3) is 2.61. The molecule has 0 unspecified atom stereocenters. The van der Waals surface area contributed by atoms with Crippen molar-refractivity contribution in [3.05, 3.63) is 64.6 Å². The molecule has 2 aromatic carbocycles. The molecule has 1 aromatic heterocycles. The summed E-state index contributed by atoms with van der Waals surface area (Å²) < 4.78 is 0. The molecule has 1 amide bonds. The first-order valence-electron chi connectivity index (χ1n) is 6.26. The second kappa shape index (κ2) is 5.05. The third-order valence-corrected chi connectivity index (χ3v) is 3.00. The fraction of sp³-hybridized carbons (Fsp3) is 0.0667. The third-order valence-electron chi connectivity index (χ3n) is 3.00. The maximum Gasteiger partial charge on any atom is 0.323 e. The first-order valence-corrected chi connectivity index (χ1v) is 6.26. The Hall–Kier alpha value is -2.82. The molecule has 0 aliphatic heterocycles. The van der Waals surface area contributed by atoms with Gasteiger partial charge in [0.2, 0.25) is 5.91 Å². The fourth-order valence-corrected chi connectivity index (χ4v) is 2.10. The highest BCUT2D eigenvalue weighted by atomic mass is 16.1. The highest BCUT2D eigenvalue weighted by Crippen LogP contribution is 2.12. The van der Waals surface area contributed by atoms with Gasteiger partial charge in [-0.3, -0.25) is 4.79 Å². The lowest BCUT2D eigenvalue weighted by Gasteiger charge is -2.05. The van der Waals surface area contributed by atoms with Gasteiger partial charge in [0.05, 0.1) is 17.5 Å². The number of imidazole rings is 1. The molecule has 0 saturated carbocycles. The van der Waals surface area contributed by atoms with E-state index < -0.39 is 0 Å². The molecule has 5 heteroatoms. The molecule has 3 aromatic rings. The lowest BCUT2D eigenvalue weighted by molar-refractivity contribution is -0.115. The van der Waals surface area contributed by atoms with Crippen LogP contribution in [0, 0.1) is 0 Å². The van der Waals surface area contributed by atoms with Gasteiger partial charge in [-0.15, -0.1) is 0 Å². The SMILES string of the molecule is O=C(Cc1ccc2[nH]c(=O)[nH]c2c1)Nc1ccccc1. The number of para-hydroxylation sites is 1. The second-order valence-electron chi connectivity index (χ2n) is 4.55. The van der Waals surface area contributed by atoms with Gasteiger partial charge in [0.1, 0.15) is 0 Å². The van der Waals surface area contributed by atoms with Crippen molar-refractivity contribution in [2.75, 3.05) is 5.32 Å². The average molecular weight is 267 g/mol. The second-order valence-corrected chi connectivity index (χ2v) is 4.55. The highest BCUT2D eigenvalue weighted by molar-refractivity contribution is 5.92. The number of H-pyrrole nitrogens is 2. The van der Waals surface area contributed by atoms with Gasteiger partial charge in [0.25, 0.3) is 0 Å². The number of hydrogen-bond donors (Lipinski definition) is 3. The summed E-state index contributed by atoms with van der Waals surface area (Å²) in [5, 5.41) is 2.82. The molecular weight excluding hydrogens is 254 g/mol. The average Bonchev–Trinajstić information content (AvgIpc) is 2.79. The van der Waals surface area contributed by atoms with Gasteiger partial charge in [-0.05, 0) is 29.8 Å². The van der Waals surface area contributed by atoms with Crippen molar-refractivity contribution in [3.8, 4) is 0 Å². The molecule has 1 heterocycles. The fourth-order valence-electron chi connectivity index (χ4n) is 2.10. The first-order chi connectivity index (χ1) is 9.70. The molecule has 0 saturated heterocycles. The van der Waals surface area contributed by atoms with Crippen LogP contribution in [-0.2, 0) is 11.2 Å². The molecule has 20 heavy (non-hydrogen) atoms. The number of carbonyl (C=O) groups excluding carboxylic acids is 1. The monoisotopic (exact) mass is 267 g/mol. The number of benzene rings is 2. The van der Waals surface area contributed by atoms with E-state index in [2.05, 4.69) is 15.3 Å². The standard InChI is InChI=1S/C15H13N3O2/c19-14(16-11-4-2-1-3-5-11)9-10-6-7-12-13(8-10)18-15(20)17-12/h1-8H,9H2,(H,16,19)(H2,17,18,20). The molecule has 0 aliphatic rings. The number of rotatable bonds is 3. The van der Waals surface area contributed by atoms with Crippen molar-refractivity contribution in [1.82, 2.24) is 9.97 Å². The van der Waals surface area contributed by atoms with E-state index in [0.29, 0.717) is 5.52 Å². The van der Waals surface area contributed by atoms with Crippen LogP contribution in [0.25, 0.3) is 11.0 Å². The summed E-state index contributed by atoms with van der Waals surface area (Å²) in [5.41, 5.74) is 2.82. The van der Waals surface area contributed by atoms with Crippen molar-refractivity contribution in [2.24, 2.45) is 0 Å². The predicted molar refractivity (Wildman–Crippen MR) is 77.7 cm³/mol. The molecule has 3 rings (SSSR count). The summed E-state index contributed by atoms with van der Waals surface area (Å²) in [6.45, 7) is 0. The van der Waals surface area contributed by atoms with E-state index >= 15 is 0 Å². The Morgan fingerprint density at radius 3 is 2.55 bits per heavy atom. The van der Waals surface area contributed by atoms with Crippen LogP contribution in [0.15, 0.2) is 53.3 Å². The van der Waals surface area contributed by atoms with Crippen LogP contribution in [0.3, 0.4) is 0 Å². The minimum Gasteiger partial charge on any atom is -0.326 e. The van der Waals surface area contributed by atoms with Gasteiger partial charge in [-0.25, -0.2) is 4.79 Å². The van der Waals surface area contributed by atoms with Crippen LogP contribution in [0.2, 0.25) is 0 Å². The number of hydrogen-bond acceptors (Lipinski definition) is 2. The molecule has 5 nitrogen and oxygen atoms in total. The van der Waals surface area contributed by atoms with Crippen LogP contribution in [0.5, 0.6) is 0 Å². The van der Waals surface area contributed by atoms with Crippen molar-refractivity contribution < 1.29 is 4.79 Å². The van der Waals surface area contributed by atoms with E-state index in [0.717, 1.165) is 16.8 Å². The zero-order valence-electron chi connectivity index (χ0n) is 10.6. The van der Waals surface area contributed by atoms with Crippen LogP contribution >= 0.6 is 0 Å². The number of aromatic nitrogens is 2. The Kier molecular flexibility index (Phi) is 3.09. The topological polar surface area (TPSA) is 77.8 Å². The predicted octanol–water partition coefficient (Wildman–Crippen LogP) is 2.04. The van der Waals surface area contributed by atoms with Crippen LogP contribution in [-0.4, -0.2) is 15.9 Å². The van der Waals surface area contributed by atoms with Crippen LogP contribution in [0.1, 0.15) is 5.56 Å². The minimum atomic E-state index is -0.245. The normalized spacial score (nSPS) is 10.6. The summed E-state index contributed by atoms with van der Waals surface area (Å²) in [4.78, 5) is 28.5. The quantitative estimate of drug-likeness (QED) is 0.679. The van der Waals surface area contributed by atoms with E-state index in [1.54, 1.807) is 12.1 Å². The maximum atomic E-state index is 11.9. The maximum absolute atomic E-state index is 11.9.